The lowest BCUT2D eigenvalue weighted by molar-refractivity contribution is -0.138. The highest BCUT2D eigenvalue weighted by Gasteiger charge is 2.16. The van der Waals surface area contributed by atoms with E-state index in [9.17, 15) is 14.4 Å². The van der Waals surface area contributed by atoms with E-state index in [2.05, 4.69) is 6.58 Å². The molecule has 1 aromatic carbocycles. The first-order valence-corrected chi connectivity index (χ1v) is 6.23. The predicted octanol–water partition coefficient (Wildman–Crippen LogP) is 1.99. The Kier molecular flexibility index (Phi) is 5.66. The standard InChI is InChI=1S/C15H16O6/c1-3-13(16)21-8-9(2)6-11-7-10(14(17)18)4-5-12(11)15(19)20/h3-5,7,9H,1,6,8H2,2H3,(H,17,18)(H,19,20). The topological polar surface area (TPSA) is 101 Å². The molecule has 0 aliphatic rings. The van der Waals surface area contributed by atoms with Crippen LogP contribution in [0.1, 0.15) is 33.2 Å². The maximum Gasteiger partial charge on any atom is 0.335 e. The molecule has 0 saturated heterocycles. The number of carboxylic acids is 2. The van der Waals surface area contributed by atoms with Gasteiger partial charge in [-0.25, -0.2) is 14.4 Å². The van der Waals surface area contributed by atoms with Crippen molar-refractivity contribution in [2.75, 3.05) is 6.61 Å². The van der Waals surface area contributed by atoms with Crippen LogP contribution in [0.15, 0.2) is 30.9 Å². The third-order valence-electron chi connectivity index (χ3n) is 2.83. The normalized spacial score (nSPS) is 11.5. The molecule has 0 bridgehead atoms. The summed E-state index contributed by atoms with van der Waals surface area (Å²) in [4.78, 5) is 33.1. The molecule has 21 heavy (non-hydrogen) atoms. The molecule has 6 nitrogen and oxygen atoms in total. The van der Waals surface area contributed by atoms with Crippen LogP contribution >= 0.6 is 0 Å². The molecule has 0 fully saturated rings. The van der Waals surface area contributed by atoms with Gasteiger partial charge in [0.15, 0.2) is 0 Å². The number of carbonyl (C=O) groups excluding carboxylic acids is 1. The molecule has 0 aliphatic heterocycles. The van der Waals surface area contributed by atoms with Gasteiger partial charge < -0.3 is 14.9 Å². The monoisotopic (exact) mass is 292 g/mol. The van der Waals surface area contributed by atoms with Gasteiger partial charge in [-0.05, 0) is 36.1 Å². The minimum atomic E-state index is -1.13. The van der Waals surface area contributed by atoms with Crippen molar-refractivity contribution in [3.8, 4) is 0 Å². The van der Waals surface area contributed by atoms with Crippen LogP contribution in [-0.2, 0) is 16.0 Å². The Morgan fingerprint density at radius 2 is 1.95 bits per heavy atom. The zero-order valence-corrected chi connectivity index (χ0v) is 11.5. The summed E-state index contributed by atoms with van der Waals surface area (Å²) in [7, 11) is 0. The van der Waals surface area contributed by atoms with Crippen LogP contribution in [0.4, 0.5) is 0 Å². The maximum absolute atomic E-state index is 11.2. The highest BCUT2D eigenvalue weighted by atomic mass is 16.5. The molecule has 1 aromatic rings. The van der Waals surface area contributed by atoms with Crippen molar-refractivity contribution < 1.29 is 29.3 Å². The van der Waals surface area contributed by atoms with E-state index in [1.54, 1.807) is 6.92 Å². The molecule has 0 amide bonds. The van der Waals surface area contributed by atoms with Crippen molar-refractivity contribution in [3.63, 3.8) is 0 Å². The Hall–Kier alpha value is -2.63. The summed E-state index contributed by atoms with van der Waals surface area (Å²) in [6, 6.07) is 3.85. The van der Waals surface area contributed by atoms with E-state index in [1.165, 1.54) is 18.2 Å². The lowest BCUT2D eigenvalue weighted by Crippen LogP contribution is -2.15. The first-order valence-electron chi connectivity index (χ1n) is 6.23. The molecule has 0 saturated carbocycles. The number of ether oxygens (including phenoxy) is 1. The fraction of sp³-hybridized carbons (Fsp3) is 0.267. The second-order valence-corrected chi connectivity index (χ2v) is 4.63. The number of hydrogen-bond donors (Lipinski definition) is 2. The molecule has 0 aromatic heterocycles. The fourth-order valence-electron chi connectivity index (χ4n) is 1.82. The van der Waals surface area contributed by atoms with Gasteiger partial charge in [0, 0.05) is 6.08 Å². The van der Waals surface area contributed by atoms with E-state index >= 15 is 0 Å². The SMILES string of the molecule is C=CC(=O)OCC(C)Cc1cc(C(=O)O)ccc1C(=O)O. The zero-order valence-electron chi connectivity index (χ0n) is 11.5. The summed E-state index contributed by atoms with van der Waals surface area (Å²) >= 11 is 0. The Bertz CT molecular complexity index is 576. The van der Waals surface area contributed by atoms with Gasteiger partial charge >= 0.3 is 17.9 Å². The van der Waals surface area contributed by atoms with Crippen LogP contribution < -0.4 is 0 Å². The van der Waals surface area contributed by atoms with Gasteiger partial charge in [-0.15, -0.1) is 0 Å². The minimum absolute atomic E-state index is 0.0188. The second-order valence-electron chi connectivity index (χ2n) is 4.63. The van der Waals surface area contributed by atoms with E-state index in [0.29, 0.717) is 5.56 Å². The first kappa shape index (κ1) is 16.4. The largest absolute Gasteiger partial charge is 0.478 e. The summed E-state index contributed by atoms with van der Waals surface area (Å²) in [6.45, 7) is 5.15. The summed E-state index contributed by atoms with van der Waals surface area (Å²) in [6.07, 6.45) is 1.33. The Balaban J connectivity index is 2.91. The van der Waals surface area contributed by atoms with Crippen molar-refractivity contribution in [2.45, 2.75) is 13.3 Å². The van der Waals surface area contributed by atoms with Crippen LogP contribution in [0.3, 0.4) is 0 Å². The van der Waals surface area contributed by atoms with Gasteiger partial charge in [-0.1, -0.05) is 13.5 Å². The summed E-state index contributed by atoms with van der Waals surface area (Å²) in [5.74, 6) is -2.97. The number of carboxylic acid groups (broad SMARTS) is 2. The van der Waals surface area contributed by atoms with Crippen molar-refractivity contribution in [2.24, 2.45) is 5.92 Å². The van der Waals surface area contributed by atoms with E-state index in [0.717, 1.165) is 6.08 Å². The van der Waals surface area contributed by atoms with Crippen LogP contribution in [0.25, 0.3) is 0 Å². The molecule has 1 rings (SSSR count). The number of carbonyl (C=O) groups is 3. The summed E-state index contributed by atoms with van der Waals surface area (Å²) in [5, 5.41) is 18.1. The second kappa shape index (κ2) is 7.23. The number of hydrogen-bond acceptors (Lipinski definition) is 4. The van der Waals surface area contributed by atoms with Gasteiger partial charge in [0.25, 0.3) is 0 Å². The van der Waals surface area contributed by atoms with Crippen LogP contribution in [-0.4, -0.2) is 34.7 Å². The number of aromatic carboxylic acids is 2. The molecule has 1 unspecified atom stereocenters. The van der Waals surface area contributed by atoms with Crippen molar-refractivity contribution >= 4 is 17.9 Å². The molecule has 1 atom stereocenters. The minimum Gasteiger partial charge on any atom is -0.478 e. The third kappa shape index (κ3) is 4.76. The Morgan fingerprint density at radius 3 is 2.48 bits per heavy atom. The first-order chi connectivity index (χ1) is 9.85. The quantitative estimate of drug-likeness (QED) is 0.588. The summed E-state index contributed by atoms with van der Waals surface area (Å²) < 4.78 is 4.88. The van der Waals surface area contributed by atoms with Gasteiger partial charge in [0.05, 0.1) is 17.7 Å². The highest BCUT2D eigenvalue weighted by Crippen LogP contribution is 2.17. The van der Waals surface area contributed by atoms with Crippen molar-refractivity contribution in [1.29, 1.82) is 0 Å². The van der Waals surface area contributed by atoms with Gasteiger partial charge in [-0.2, -0.15) is 0 Å². The fourth-order valence-corrected chi connectivity index (χ4v) is 1.82. The van der Waals surface area contributed by atoms with Gasteiger partial charge in [0.1, 0.15) is 0 Å². The van der Waals surface area contributed by atoms with Crippen LogP contribution in [0, 0.1) is 5.92 Å². The molecule has 6 heteroatoms. The van der Waals surface area contributed by atoms with E-state index < -0.39 is 17.9 Å². The molecule has 0 spiro atoms. The molecule has 112 valence electrons. The predicted molar refractivity (Wildman–Crippen MR) is 74.4 cm³/mol. The maximum atomic E-state index is 11.2. The molecule has 0 heterocycles. The van der Waals surface area contributed by atoms with Crippen molar-refractivity contribution in [1.82, 2.24) is 0 Å². The average Bonchev–Trinajstić information content (AvgIpc) is 2.44. The highest BCUT2D eigenvalue weighted by molar-refractivity contribution is 5.93. The zero-order chi connectivity index (χ0) is 16.0. The molecule has 2 N–H and O–H groups in total. The summed E-state index contributed by atoms with van der Waals surface area (Å²) in [5.41, 5.74) is 0.455. The molecule has 0 radical (unpaired) electrons. The van der Waals surface area contributed by atoms with Crippen LogP contribution in [0.2, 0.25) is 0 Å². The smallest absolute Gasteiger partial charge is 0.335 e. The number of esters is 1. The van der Waals surface area contributed by atoms with Gasteiger partial charge in [0.2, 0.25) is 0 Å². The lowest BCUT2D eigenvalue weighted by Gasteiger charge is -2.13. The average molecular weight is 292 g/mol. The molecular weight excluding hydrogens is 276 g/mol. The van der Waals surface area contributed by atoms with Crippen molar-refractivity contribution in [3.05, 3.63) is 47.5 Å². The lowest BCUT2D eigenvalue weighted by atomic mass is 9.95. The molecular formula is C15H16O6. The number of benzene rings is 1. The Morgan fingerprint density at radius 1 is 1.29 bits per heavy atom. The van der Waals surface area contributed by atoms with Crippen LogP contribution in [0.5, 0.6) is 0 Å². The Labute approximate surface area is 121 Å². The van der Waals surface area contributed by atoms with E-state index in [-0.39, 0.29) is 30.1 Å². The van der Waals surface area contributed by atoms with Gasteiger partial charge in [-0.3, -0.25) is 0 Å². The van der Waals surface area contributed by atoms with E-state index in [4.69, 9.17) is 14.9 Å². The number of rotatable bonds is 7. The van der Waals surface area contributed by atoms with E-state index in [1.807, 2.05) is 0 Å². The third-order valence-corrected chi connectivity index (χ3v) is 2.83. The molecule has 0 aliphatic carbocycles.